The number of piperazine rings is 1. The number of para-hydroxylation sites is 1. The zero-order valence-corrected chi connectivity index (χ0v) is 19.8. The van der Waals surface area contributed by atoms with E-state index in [1.54, 1.807) is 24.3 Å². The Bertz CT molecular complexity index is 1170. The number of nitrogens with one attached hydrogen (secondary N) is 1. The second kappa shape index (κ2) is 9.89. The van der Waals surface area contributed by atoms with Crippen molar-refractivity contribution < 1.29 is 17.9 Å². The average Bonchev–Trinajstić information content (AvgIpc) is 2.84. The van der Waals surface area contributed by atoms with Crippen molar-refractivity contribution >= 4 is 33.2 Å². The van der Waals surface area contributed by atoms with Gasteiger partial charge in [-0.1, -0.05) is 42.0 Å². The van der Waals surface area contributed by atoms with E-state index in [1.807, 2.05) is 23.1 Å². The van der Waals surface area contributed by atoms with Crippen LogP contribution in [-0.4, -0.2) is 52.5 Å². The molecule has 0 aromatic heterocycles. The molecule has 1 amide bonds. The van der Waals surface area contributed by atoms with Gasteiger partial charge in [0.25, 0.3) is 10.0 Å². The third kappa shape index (κ3) is 5.34. The number of anilines is 1. The van der Waals surface area contributed by atoms with E-state index < -0.39 is 10.0 Å². The maximum Gasteiger partial charge on any atom is 0.265 e. The second-order valence-electron chi connectivity index (χ2n) is 7.91. The van der Waals surface area contributed by atoms with Crippen LogP contribution in [0.5, 0.6) is 5.75 Å². The average molecular weight is 488 g/mol. The fourth-order valence-electron chi connectivity index (χ4n) is 4.01. The summed E-state index contributed by atoms with van der Waals surface area (Å²) in [4.78, 5) is 17.1. The van der Waals surface area contributed by atoms with E-state index in [4.69, 9.17) is 16.3 Å². The van der Waals surface area contributed by atoms with Gasteiger partial charge in [0.05, 0.1) is 13.0 Å². The van der Waals surface area contributed by atoms with Crippen LogP contribution in [0.15, 0.2) is 77.4 Å². The van der Waals surface area contributed by atoms with Gasteiger partial charge in [-0.3, -0.25) is 9.52 Å². The number of rotatable bonds is 6. The van der Waals surface area contributed by atoms with Crippen molar-refractivity contribution in [1.82, 2.24) is 9.62 Å². The lowest BCUT2D eigenvalue weighted by Gasteiger charge is -2.37. The lowest BCUT2D eigenvalue weighted by molar-refractivity contribution is -0.134. The molecule has 2 aromatic carbocycles. The summed E-state index contributed by atoms with van der Waals surface area (Å²) in [5, 5.41) is 0.294. The maximum atomic E-state index is 13.0. The van der Waals surface area contributed by atoms with Gasteiger partial charge in [0.15, 0.2) is 0 Å². The first kappa shape index (κ1) is 23.2. The molecule has 1 N–H and O–H groups in total. The number of carbonyl (C=O) groups is 1. The van der Waals surface area contributed by atoms with Crippen LogP contribution in [0.1, 0.15) is 6.42 Å². The third-order valence-electron chi connectivity index (χ3n) is 5.80. The molecule has 1 aliphatic carbocycles. The Labute approximate surface area is 199 Å². The largest absolute Gasteiger partial charge is 0.495 e. The van der Waals surface area contributed by atoms with E-state index in [9.17, 15) is 13.2 Å². The number of ether oxygens (including phenoxy) is 1. The molecular weight excluding hydrogens is 462 g/mol. The first-order valence-corrected chi connectivity index (χ1v) is 12.6. The Hall–Kier alpha value is -2.97. The maximum absolute atomic E-state index is 13.0. The first-order valence-electron chi connectivity index (χ1n) is 10.7. The van der Waals surface area contributed by atoms with E-state index in [0.717, 1.165) is 13.1 Å². The van der Waals surface area contributed by atoms with Crippen molar-refractivity contribution in [2.45, 2.75) is 11.3 Å². The van der Waals surface area contributed by atoms with Crippen molar-refractivity contribution in [2.24, 2.45) is 5.92 Å². The Morgan fingerprint density at radius 1 is 1.09 bits per heavy atom. The summed E-state index contributed by atoms with van der Waals surface area (Å²) in [6.07, 6.45) is 5.57. The van der Waals surface area contributed by atoms with E-state index in [0.29, 0.717) is 30.2 Å². The van der Waals surface area contributed by atoms with Crippen LogP contribution >= 0.6 is 11.6 Å². The standard InChI is InChI=1S/C24H26ClN3O4S/c1-32-22-12-9-19(25)17-23(22)33(30,31)26-20-10-7-18(8-11-20)24(29)28-15-13-27(14-16-28)21-5-3-2-4-6-21/h2-7,9-12,17-18,26H,8,13-16H2,1H3. The number of benzene rings is 2. The van der Waals surface area contributed by atoms with Crippen molar-refractivity contribution in [1.29, 1.82) is 0 Å². The summed E-state index contributed by atoms with van der Waals surface area (Å²) in [5.41, 5.74) is 1.58. The lowest BCUT2D eigenvalue weighted by atomic mass is 9.97. The predicted molar refractivity (Wildman–Crippen MR) is 129 cm³/mol. The SMILES string of the molecule is COc1ccc(Cl)cc1S(=O)(=O)NC1=CCC(C(=O)N2CCN(c3ccccc3)CC2)C=C1. The topological polar surface area (TPSA) is 78.9 Å². The quantitative estimate of drug-likeness (QED) is 0.675. The van der Waals surface area contributed by atoms with E-state index in [-0.39, 0.29) is 22.5 Å². The van der Waals surface area contributed by atoms with E-state index >= 15 is 0 Å². The Morgan fingerprint density at radius 2 is 1.82 bits per heavy atom. The predicted octanol–water partition coefficient (Wildman–Crippen LogP) is 3.44. The molecule has 1 atom stereocenters. The molecular formula is C24H26ClN3O4S. The van der Waals surface area contributed by atoms with E-state index in [1.165, 1.54) is 24.9 Å². The highest BCUT2D eigenvalue weighted by atomic mass is 35.5. The van der Waals surface area contributed by atoms with Crippen molar-refractivity contribution in [3.05, 3.63) is 77.5 Å². The molecule has 0 spiro atoms. The zero-order chi connectivity index (χ0) is 23.4. The number of allylic oxidation sites excluding steroid dienone is 2. The minimum atomic E-state index is -3.90. The molecule has 0 saturated carbocycles. The molecule has 1 fully saturated rings. The van der Waals surface area contributed by atoms with Crippen molar-refractivity contribution in [3.63, 3.8) is 0 Å². The fraction of sp³-hybridized carbons (Fsp3) is 0.292. The van der Waals surface area contributed by atoms with Crippen LogP contribution in [0.25, 0.3) is 0 Å². The number of hydrogen-bond acceptors (Lipinski definition) is 5. The molecule has 33 heavy (non-hydrogen) atoms. The molecule has 1 heterocycles. The Kier molecular flexibility index (Phi) is 6.95. The number of nitrogens with zero attached hydrogens (tertiary/aromatic N) is 2. The first-order chi connectivity index (χ1) is 15.9. The van der Waals surface area contributed by atoms with Gasteiger partial charge in [-0.05, 0) is 42.8 Å². The molecule has 174 valence electrons. The number of carbonyl (C=O) groups excluding carboxylic acids is 1. The van der Waals surface area contributed by atoms with Crippen LogP contribution in [-0.2, 0) is 14.8 Å². The Balaban J connectivity index is 1.35. The molecule has 0 radical (unpaired) electrons. The van der Waals surface area contributed by atoms with Gasteiger partial charge >= 0.3 is 0 Å². The van der Waals surface area contributed by atoms with Crippen LogP contribution in [0.3, 0.4) is 0 Å². The zero-order valence-electron chi connectivity index (χ0n) is 18.3. The van der Waals surface area contributed by atoms with Crippen molar-refractivity contribution in [2.75, 3.05) is 38.2 Å². The number of hydrogen-bond donors (Lipinski definition) is 1. The van der Waals surface area contributed by atoms with Crippen LogP contribution in [0.4, 0.5) is 5.69 Å². The molecule has 2 aliphatic rings. The van der Waals surface area contributed by atoms with Crippen LogP contribution < -0.4 is 14.4 Å². The number of amides is 1. The van der Waals surface area contributed by atoms with Gasteiger partial charge in [0, 0.05) is 42.6 Å². The number of sulfonamides is 1. The monoisotopic (exact) mass is 487 g/mol. The van der Waals surface area contributed by atoms with Gasteiger partial charge in [0.2, 0.25) is 5.91 Å². The normalized spacial score (nSPS) is 18.6. The second-order valence-corrected chi connectivity index (χ2v) is 10.00. The van der Waals surface area contributed by atoms with Crippen molar-refractivity contribution in [3.8, 4) is 5.75 Å². The fourth-order valence-corrected chi connectivity index (χ4v) is 5.51. The van der Waals surface area contributed by atoms with Gasteiger partial charge in [0.1, 0.15) is 10.6 Å². The van der Waals surface area contributed by atoms with Gasteiger partial charge < -0.3 is 14.5 Å². The van der Waals surface area contributed by atoms with Crippen LogP contribution in [0, 0.1) is 5.92 Å². The highest BCUT2D eigenvalue weighted by molar-refractivity contribution is 7.89. The summed E-state index contributed by atoms with van der Waals surface area (Å²) < 4.78 is 33.4. The molecule has 1 aliphatic heterocycles. The summed E-state index contributed by atoms with van der Waals surface area (Å²) >= 11 is 5.97. The number of halogens is 1. The highest BCUT2D eigenvalue weighted by Crippen LogP contribution is 2.28. The molecule has 9 heteroatoms. The molecule has 2 aromatic rings. The summed E-state index contributed by atoms with van der Waals surface area (Å²) in [6, 6.07) is 14.6. The smallest absolute Gasteiger partial charge is 0.265 e. The lowest BCUT2D eigenvalue weighted by Crippen LogP contribution is -2.50. The summed E-state index contributed by atoms with van der Waals surface area (Å²) in [7, 11) is -2.50. The minimum absolute atomic E-state index is 0.0405. The molecule has 1 saturated heterocycles. The summed E-state index contributed by atoms with van der Waals surface area (Å²) in [6.45, 7) is 2.90. The van der Waals surface area contributed by atoms with Gasteiger partial charge in [-0.25, -0.2) is 8.42 Å². The number of methoxy groups -OCH3 is 1. The molecule has 4 rings (SSSR count). The highest BCUT2D eigenvalue weighted by Gasteiger charge is 2.28. The third-order valence-corrected chi connectivity index (χ3v) is 7.43. The van der Waals surface area contributed by atoms with Gasteiger partial charge in [-0.2, -0.15) is 0 Å². The van der Waals surface area contributed by atoms with Crippen LogP contribution in [0.2, 0.25) is 5.02 Å². The Morgan fingerprint density at radius 3 is 2.45 bits per heavy atom. The van der Waals surface area contributed by atoms with E-state index in [2.05, 4.69) is 21.8 Å². The molecule has 1 unspecified atom stereocenters. The van der Waals surface area contributed by atoms with Gasteiger partial charge in [-0.15, -0.1) is 0 Å². The molecule has 7 nitrogen and oxygen atoms in total. The summed E-state index contributed by atoms with van der Waals surface area (Å²) in [5.74, 6) is -0.0362. The molecule has 0 bridgehead atoms. The minimum Gasteiger partial charge on any atom is -0.495 e.